The second kappa shape index (κ2) is 13.4. The van der Waals surface area contributed by atoms with Crippen LogP contribution in [-0.4, -0.2) is 76.7 Å². The second-order valence-electron chi connectivity index (χ2n) is 15.4. The van der Waals surface area contributed by atoms with Crippen molar-refractivity contribution in [3.05, 3.63) is 74.1 Å². The van der Waals surface area contributed by atoms with E-state index in [-0.39, 0.29) is 49.4 Å². The number of imide groups is 1. The average molecular weight is 745 g/mol. The van der Waals surface area contributed by atoms with Gasteiger partial charge in [-0.3, -0.25) is 33.7 Å². The molecule has 3 fully saturated rings. The number of aromatic nitrogens is 3. The summed E-state index contributed by atoms with van der Waals surface area (Å²) < 4.78 is 49.2. The van der Waals surface area contributed by atoms with Crippen LogP contribution in [0.5, 0.6) is 11.5 Å². The van der Waals surface area contributed by atoms with Crippen molar-refractivity contribution in [3.63, 3.8) is 0 Å². The Bertz CT molecular complexity index is 2280. The van der Waals surface area contributed by atoms with Gasteiger partial charge in [0, 0.05) is 62.9 Å². The van der Waals surface area contributed by atoms with Gasteiger partial charge < -0.3 is 18.9 Å². The fourth-order valence-electron chi connectivity index (χ4n) is 9.50. The Morgan fingerprint density at radius 1 is 0.907 bits per heavy atom. The molecule has 14 heteroatoms. The first kappa shape index (κ1) is 36.0. The average Bonchev–Trinajstić information content (AvgIpc) is 3.75. The Morgan fingerprint density at radius 2 is 1.59 bits per heavy atom. The zero-order valence-corrected chi connectivity index (χ0v) is 31.2. The Hall–Kier alpha value is -4.98. The lowest BCUT2D eigenvalue weighted by Gasteiger charge is -2.51. The van der Waals surface area contributed by atoms with E-state index in [0.29, 0.717) is 54.2 Å². The number of aryl methyl sites for hydroxylation is 2. The number of hydrogen-bond acceptors (Lipinski definition) is 8. The lowest BCUT2D eigenvalue weighted by Crippen LogP contribution is -2.59. The van der Waals surface area contributed by atoms with E-state index in [0.717, 1.165) is 47.2 Å². The molecule has 1 spiro atoms. The number of hydrogen-bond donors (Lipinski definition) is 1. The van der Waals surface area contributed by atoms with Gasteiger partial charge in [0.25, 0.3) is 11.5 Å². The van der Waals surface area contributed by atoms with E-state index in [4.69, 9.17) is 9.47 Å². The number of nitrogens with one attached hydrogen (secondary N) is 1. The highest BCUT2D eigenvalue weighted by Gasteiger charge is 2.57. The van der Waals surface area contributed by atoms with Crippen LogP contribution in [0.2, 0.25) is 0 Å². The molecule has 4 aromatic rings. The van der Waals surface area contributed by atoms with Crippen LogP contribution in [0.15, 0.2) is 46.1 Å². The number of likely N-dealkylation sites (tertiary alicyclic amines) is 1. The molecule has 1 N–H and O–H groups in total. The van der Waals surface area contributed by atoms with Gasteiger partial charge in [-0.15, -0.1) is 0 Å². The molecule has 1 atom stereocenters. The number of imidazole rings is 1. The summed E-state index contributed by atoms with van der Waals surface area (Å²) in [4.78, 5) is 54.6. The molecular formula is C40H46F2N6O6. The van der Waals surface area contributed by atoms with Crippen molar-refractivity contribution in [2.24, 2.45) is 19.5 Å². The quantitative estimate of drug-likeness (QED) is 0.278. The van der Waals surface area contributed by atoms with Crippen LogP contribution in [0.25, 0.3) is 22.2 Å². The smallest absolute Gasteiger partial charge is 0.329 e. The third kappa shape index (κ3) is 5.71. The van der Waals surface area contributed by atoms with Crippen molar-refractivity contribution in [1.29, 1.82) is 0 Å². The molecule has 4 aliphatic rings. The Balaban J connectivity index is 1.00. The van der Waals surface area contributed by atoms with E-state index in [1.807, 2.05) is 30.5 Å². The predicted molar refractivity (Wildman–Crippen MR) is 200 cm³/mol. The summed E-state index contributed by atoms with van der Waals surface area (Å²) in [7, 11) is 6.56. The van der Waals surface area contributed by atoms with Crippen molar-refractivity contribution in [1.82, 2.24) is 23.9 Å². The van der Waals surface area contributed by atoms with Crippen molar-refractivity contribution < 1.29 is 27.8 Å². The Labute approximate surface area is 311 Å². The summed E-state index contributed by atoms with van der Waals surface area (Å²) in [5.41, 5.74) is 4.89. The molecule has 12 nitrogen and oxygen atoms in total. The molecule has 0 radical (unpaired) electrons. The first-order valence-electron chi connectivity index (χ1n) is 18.7. The van der Waals surface area contributed by atoms with Crippen molar-refractivity contribution in [2.45, 2.75) is 69.9 Å². The number of amides is 2. The van der Waals surface area contributed by atoms with Gasteiger partial charge in [0.05, 0.1) is 43.0 Å². The molecule has 1 unspecified atom stereocenters. The van der Waals surface area contributed by atoms with Crippen molar-refractivity contribution >= 4 is 28.5 Å². The van der Waals surface area contributed by atoms with Gasteiger partial charge in [-0.05, 0) is 86.9 Å². The second-order valence-corrected chi connectivity index (χ2v) is 15.4. The van der Waals surface area contributed by atoms with E-state index >= 15 is 8.78 Å². The maximum absolute atomic E-state index is 16.5. The minimum absolute atomic E-state index is 0.0299. The summed E-state index contributed by atoms with van der Waals surface area (Å²) in [6, 6.07) is 8.54. The van der Waals surface area contributed by atoms with Crippen LogP contribution >= 0.6 is 0 Å². The standard InChI is InChI=1S/C40H46F2N6O6/c1-44-21-27(25-7-5-8-26(25)37(44)51)24-19-32(53-3)28(33(20-24)54-4)22-46-16-13-39(40(41,42)23-46)14-17-47(18-15-39)29-9-6-10-30-35(29)45(2)38(52)48(30)31-11-12-34(49)43-36(31)50/h6,9-10,19-21,31H,5,7-8,11-18,22-23H2,1-4H3,(H,43,49,50). The van der Waals surface area contributed by atoms with E-state index in [2.05, 4.69) is 10.2 Å². The molecule has 5 heterocycles. The number of alkyl halides is 2. The maximum Gasteiger partial charge on any atom is 0.329 e. The minimum atomic E-state index is -2.96. The zero-order valence-electron chi connectivity index (χ0n) is 31.2. The fourth-order valence-corrected chi connectivity index (χ4v) is 9.50. The summed E-state index contributed by atoms with van der Waals surface area (Å²) in [5, 5.41) is 2.34. The first-order chi connectivity index (χ1) is 25.9. The van der Waals surface area contributed by atoms with Gasteiger partial charge in [-0.2, -0.15) is 0 Å². The van der Waals surface area contributed by atoms with Crippen molar-refractivity contribution in [3.8, 4) is 22.6 Å². The number of pyridine rings is 1. The van der Waals surface area contributed by atoms with Gasteiger partial charge >= 0.3 is 5.69 Å². The molecule has 286 valence electrons. The third-order valence-corrected chi connectivity index (χ3v) is 12.5. The largest absolute Gasteiger partial charge is 0.496 e. The molecular weight excluding hydrogens is 698 g/mol. The highest BCUT2D eigenvalue weighted by molar-refractivity contribution is 6.00. The summed E-state index contributed by atoms with van der Waals surface area (Å²) in [6.45, 7) is 1.11. The van der Waals surface area contributed by atoms with Crippen LogP contribution in [-0.2, 0) is 43.1 Å². The third-order valence-electron chi connectivity index (χ3n) is 12.5. The van der Waals surface area contributed by atoms with Gasteiger partial charge in [0.1, 0.15) is 17.5 Å². The number of carbonyl (C=O) groups excluding carboxylic acids is 2. The number of carbonyl (C=O) groups is 2. The Kier molecular flexibility index (Phi) is 8.94. The number of methoxy groups -OCH3 is 2. The Morgan fingerprint density at radius 3 is 2.26 bits per heavy atom. The molecule has 3 saturated heterocycles. The summed E-state index contributed by atoms with van der Waals surface area (Å²) in [5.74, 6) is -2.71. The van der Waals surface area contributed by atoms with Crippen molar-refractivity contribution in [2.75, 3.05) is 45.3 Å². The number of rotatable bonds is 7. The first-order valence-corrected chi connectivity index (χ1v) is 18.7. The van der Waals surface area contributed by atoms with E-state index in [9.17, 15) is 19.2 Å². The highest BCUT2D eigenvalue weighted by atomic mass is 19.3. The van der Waals surface area contributed by atoms with Crippen LogP contribution < -0.4 is 30.9 Å². The predicted octanol–water partition coefficient (Wildman–Crippen LogP) is 4.32. The molecule has 2 aromatic carbocycles. The number of fused-ring (bicyclic) bond motifs is 2. The van der Waals surface area contributed by atoms with Crippen LogP contribution in [0, 0.1) is 5.41 Å². The summed E-state index contributed by atoms with van der Waals surface area (Å²) in [6.07, 6.45) is 5.64. The topological polar surface area (TPSA) is 120 Å². The molecule has 8 rings (SSSR count). The number of nitrogens with zero attached hydrogens (tertiary/aromatic N) is 5. The van der Waals surface area contributed by atoms with Gasteiger partial charge in [0.2, 0.25) is 11.8 Å². The normalized spacial score (nSPS) is 21.1. The number of anilines is 1. The lowest BCUT2D eigenvalue weighted by atomic mass is 9.68. The molecule has 2 aromatic heterocycles. The van der Waals surface area contributed by atoms with Crippen LogP contribution in [0.3, 0.4) is 0 Å². The molecule has 3 aliphatic heterocycles. The molecule has 54 heavy (non-hydrogen) atoms. The van der Waals surface area contributed by atoms with Crippen LogP contribution in [0.1, 0.15) is 61.3 Å². The maximum atomic E-state index is 16.5. The SMILES string of the molecule is COc1cc(-c2cn(C)c(=O)c3c2CCC3)cc(OC)c1CN1CCC2(CCN(c3cccc4c3n(C)c(=O)n4C3CCC(=O)NC3=O)CC2)C(F)(F)C1. The number of para-hydroxylation sites is 1. The fraction of sp³-hybridized carbons (Fsp3) is 0.500. The van der Waals surface area contributed by atoms with Gasteiger partial charge in [-0.1, -0.05) is 6.07 Å². The van der Waals surface area contributed by atoms with E-state index < -0.39 is 29.8 Å². The molecule has 0 bridgehead atoms. The molecule has 0 saturated carbocycles. The van der Waals surface area contributed by atoms with Gasteiger partial charge in [0.15, 0.2) is 0 Å². The van der Waals surface area contributed by atoms with Gasteiger partial charge in [-0.25, -0.2) is 13.6 Å². The number of ether oxygens (including phenoxy) is 2. The summed E-state index contributed by atoms with van der Waals surface area (Å²) >= 11 is 0. The van der Waals surface area contributed by atoms with Crippen LogP contribution in [0.4, 0.5) is 14.5 Å². The number of halogens is 2. The zero-order chi connectivity index (χ0) is 38.1. The molecule has 2 amide bonds. The van der Waals surface area contributed by atoms with E-state index in [1.54, 1.807) is 43.8 Å². The number of piperidine rings is 3. The minimum Gasteiger partial charge on any atom is -0.496 e. The van der Waals surface area contributed by atoms with E-state index in [1.165, 1.54) is 9.13 Å². The number of benzene rings is 2. The highest BCUT2D eigenvalue weighted by Crippen LogP contribution is 2.52. The monoisotopic (exact) mass is 744 g/mol. The molecule has 1 aliphatic carbocycles. The lowest BCUT2D eigenvalue weighted by molar-refractivity contribution is -0.179.